The van der Waals surface area contributed by atoms with Crippen LogP contribution in [0.1, 0.15) is 11.1 Å². The minimum absolute atomic E-state index is 0.0218. The first-order valence-electron chi connectivity index (χ1n) is 3.84. The standard InChI is InChI=1S/C9H10N2O2/c1-6-2-3-7(4-8(6)10)5-9(12)11-13/h2-4H,5,10H2,1H3. The second kappa shape index (κ2) is 3.80. The first kappa shape index (κ1) is 9.38. The number of hydrogen-bond acceptors (Lipinski definition) is 3. The summed E-state index contributed by atoms with van der Waals surface area (Å²) in [5, 5.41) is 2.31. The second-order valence-electron chi connectivity index (χ2n) is 2.85. The fraction of sp³-hybridized carbons (Fsp3) is 0.222. The van der Waals surface area contributed by atoms with Gasteiger partial charge in [-0.15, -0.1) is 4.91 Å². The van der Waals surface area contributed by atoms with Crippen molar-refractivity contribution in [1.82, 2.24) is 0 Å². The molecule has 4 heteroatoms. The molecule has 0 spiro atoms. The molecular formula is C9H10N2O2. The zero-order valence-corrected chi connectivity index (χ0v) is 7.28. The molecule has 1 aromatic carbocycles. The molecule has 0 bridgehead atoms. The largest absolute Gasteiger partial charge is 0.399 e. The molecule has 0 saturated heterocycles. The van der Waals surface area contributed by atoms with Gasteiger partial charge >= 0.3 is 0 Å². The fourth-order valence-electron chi connectivity index (χ4n) is 1.01. The molecule has 0 aromatic heterocycles. The Kier molecular flexibility index (Phi) is 2.74. The molecular weight excluding hydrogens is 168 g/mol. The van der Waals surface area contributed by atoms with Crippen LogP contribution in [0.15, 0.2) is 23.4 Å². The number of benzene rings is 1. The van der Waals surface area contributed by atoms with Crippen LogP contribution in [-0.2, 0) is 11.2 Å². The highest BCUT2D eigenvalue weighted by Gasteiger charge is 2.03. The third-order valence-electron chi connectivity index (χ3n) is 1.80. The molecule has 0 aliphatic carbocycles. The van der Waals surface area contributed by atoms with Crippen LogP contribution >= 0.6 is 0 Å². The topological polar surface area (TPSA) is 72.5 Å². The predicted octanol–water partition coefficient (Wildman–Crippen LogP) is 1.41. The summed E-state index contributed by atoms with van der Waals surface area (Å²) in [7, 11) is 0. The van der Waals surface area contributed by atoms with E-state index in [1.807, 2.05) is 13.0 Å². The van der Waals surface area contributed by atoms with Crippen LogP contribution in [0.5, 0.6) is 0 Å². The summed E-state index contributed by atoms with van der Waals surface area (Å²) in [6, 6.07) is 5.25. The van der Waals surface area contributed by atoms with Gasteiger partial charge in [0.1, 0.15) is 0 Å². The fourth-order valence-corrected chi connectivity index (χ4v) is 1.01. The first-order chi connectivity index (χ1) is 6.13. The van der Waals surface area contributed by atoms with Gasteiger partial charge in [0, 0.05) is 10.9 Å². The Bertz CT molecular complexity index is 347. The number of rotatable bonds is 2. The lowest BCUT2D eigenvalue weighted by molar-refractivity contribution is -0.117. The highest BCUT2D eigenvalue weighted by atomic mass is 16.3. The summed E-state index contributed by atoms with van der Waals surface area (Å²) in [6.07, 6.45) is 0.0218. The number of aryl methyl sites for hydroxylation is 1. The van der Waals surface area contributed by atoms with Crippen LogP contribution < -0.4 is 5.73 Å². The van der Waals surface area contributed by atoms with Crippen LogP contribution in [0.2, 0.25) is 0 Å². The lowest BCUT2D eigenvalue weighted by Crippen LogP contribution is -1.99. The van der Waals surface area contributed by atoms with Gasteiger partial charge in [-0.25, -0.2) is 0 Å². The van der Waals surface area contributed by atoms with Gasteiger partial charge in [-0.2, -0.15) is 0 Å². The number of anilines is 1. The molecule has 0 radical (unpaired) electrons. The van der Waals surface area contributed by atoms with Crippen molar-refractivity contribution < 1.29 is 4.79 Å². The van der Waals surface area contributed by atoms with Crippen molar-refractivity contribution in [3.05, 3.63) is 34.2 Å². The van der Waals surface area contributed by atoms with E-state index < -0.39 is 5.91 Å². The van der Waals surface area contributed by atoms with Crippen LogP contribution in [0.25, 0.3) is 0 Å². The number of hydrogen-bond donors (Lipinski definition) is 1. The highest BCUT2D eigenvalue weighted by molar-refractivity contribution is 5.79. The number of carbonyl (C=O) groups is 1. The molecule has 68 valence electrons. The summed E-state index contributed by atoms with van der Waals surface area (Å²) in [6.45, 7) is 1.87. The predicted molar refractivity (Wildman–Crippen MR) is 50.1 cm³/mol. The van der Waals surface area contributed by atoms with E-state index in [0.29, 0.717) is 11.3 Å². The smallest absolute Gasteiger partial charge is 0.290 e. The molecule has 4 nitrogen and oxygen atoms in total. The second-order valence-corrected chi connectivity index (χ2v) is 2.85. The zero-order chi connectivity index (χ0) is 9.84. The van der Waals surface area contributed by atoms with Crippen molar-refractivity contribution in [3.8, 4) is 0 Å². The average Bonchev–Trinajstić information content (AvgIpc) is 2.11. The van der Waals surface area contributed by atoms with Crippen molar-refractivity contribution in [2.45, 2.75) is 13.3 Å². The zero-order valence-electron chi connectivity index (χ0n) is 7.28. The molecule has 1 rings (SSSR count). The number of nitrogens with two attached hydrogens (primary N) is 1. The summed E-state index contributed by atoms with van der Waals surface area (Å²) < 4.78 is 0. The van der Waals surface area contributed by atoms with Gasteiger partial charge in [0.2, 0.25) is 0 Å². The van der Waals surface area contributed by atoms with Gasteiger partial charge in [-0.3, -0.25) is 4.79 Å². The quantitative estimate of drug-likeness (QED) is 0.549. The molecule has 1 amide bonds. The van der Waals surface area contributed by atoms with E-state index in [-0.39, 0.29) is 6.42 Å². The highest BCUT2D eigenvalue weighted by Crippen LogP contribution is 2.13. The SMILES string of the molecule is Cc1ccc(CC(=O)N=O)cc1N. The monoisotopic (exact) mass is 178 g/mol. The first-order valence-corrected chi connectivity index (χ1v) is 3.84. The Morgan fingerprint density at radius 1 is 1.54 bits per heavy atom. The maximum absolute atomic E-state index is 10.7. The number of nitroso groups, excluding NO2 is 1. The Hall–Kier alpha value is -1.71. The van der Waals surface area contributed by atoms with E-state index in [1.54, 1.807) is 12.1 Å². The summed E-state index contributed by atoms with van der Waals surface area (Å²) in [5.74, 6) is -0.678. The van der Waals surface area contributed by atoms with E-state index in [0.717, 1.165) is 5.56 Å². The van der Waals surface area contributed by atoms with Crippen LogP contribution in [0, 0.1) is 11.8 Å². The number of carbonyl (C=O) groups excluding carboxylic acids is 1. The lowest BCUT2D eigenvalue weighted by atomic mass is 10.1. The van der Waals surface area contributed by atoms with Gasteiger partial charge in [0.05, 0.1) is 6.42 Å². The van der Waals surface area contributed by atoms with Crippen molar-refractivity contribution >= 4 is 11.6 Å². The molecule has 1 aromatic rings. The van der Waals surface area contributed by atoms with Crippen LogP contribution in [0.4, 0.5) is 5.69 Å². The van der Waals surface area contributed by atoms with E-state index in [2.05, 4.69) is 5.18 Å². The van der Waals surface area contributed by atoms with Crippen molar-refractivity contribution in [3.63, 3.8) is 0 Å². The molecule has 2 N–H and O–H groups in total. The van der Waals surface area contributed by atoms with Crippen molar-refractivity contribution in [2.75, 3.05) is 5.73 Å². The summed E-state index contributed by atoms with van der Waals surface area (Å²) in [4.78, 5) is 20.5. The third kappa shape index (κ3) is 2.37. The number of amides is 1. The van der Waals surface area contributed by atoms with Crippen molar-refractivity contribution in [1.29, 1.82) is 0 Å². The molecule has 0 unspecified atom stereocenters. The maximum atomic E-state index is 10.7. The molecule has 0 atom stereocenters. The third-order valence-corrected chi connectivity index (χ3v) is 1.80. The lowest BCUT2D eigenvalue weighted by Gasteiger charge is -2.01. The molecule has 0 saturated carbocycles. The summed E-state index contributed by atoms with van der Waals surface area (Å²) >= 11 is 0. The Labute approximate surface area is 75.7 Å². The Balaban J connectivity index is 2.85. The minimum atomic E-state index is -0.678. The average molecular weight is 178 g/mol. The Morgan fingerprint density at radius 3 is 2.77 bits per heavy atom. The number of nitrogens with zero attached hydrogens (tertiary/aromatic N) is 1. The molecule has 0 fully saturated rings. The van der Waals surface area contributed by atoms with Crippen molar-refractivity contribution in [2.24, 2.45) is 5.18 Å². The van der Waals surface area contributed by atoms with Gasteiger partial charge in [0.25, 0.3) is 5.91 Å². The molecule has 0 aliphatic rings. The van der Waals surface area contributed by atoms with Gasteiger partial charge in [0.15, 0.2) is 0 Å². The van der Waals surface area contributed by atoms with E-state index in [4.69, 9.17) is 5.73 Å². The minimum Gasteiger partial charge on any atom is -0.399 e. The van der Waals surface area contributed by atoms with E-state index in [9.17, 15) is 9.70 Å². The van der Waals surface area contributed by atoms with Crippen LogP contribution in [-0.4, -0.2) is 5.91 Å². The molecule has 13 heavy (non-hydrogen) atoms. The molecule has 0 heterocycles. The molecule has 0 aliphatic heterocycles. The van der Waals surface area contributed by atoms with Crippen LogP contribution in [0.3, 0.4) is 0 Å². The van der Waals surface area contributed by atoms with E-state index >= 15 is 0 Å². The number of nitrogen functional groups attached to an aromatic ring is 1. The maximum Gasteiger partial charge on any atom is 0.290 e. The normalized spacial score (nSPS) is 9.62. The Morgan fingerprint density at radius 2 is 2.23 bits per heavy atom. The summed E-state index contributed by atoms with van der Waals surface area (Å²) in [5.41, 5.74) is 7.91. The van der Waals surface area contributed by atoms with Gasteiger partial charge in [-0.05, 0) is 24.1 Å². The van der Waals surface area contributed by atoms with Gasteiger partial charge in [-0.1, -0.05) is 12.1 Å². The van der Waals surface area contributed by atoms with Gasteiger partial charge < -0.3 is 5.73 Å². The van der Waals surface area contributed by atoms with E-state index in [1.165, 1.54) is 0 Å².